The molecule has 2 N–H and O–H groups in total. The van der Waals surface area contributed by atoms with E-state index in [2.05, 4.69) is 45.4 Å². The third-order valence-electron chi connectivity index (χ3n) is 3.73. The highest BCUT2D eigenvalue weighted by molar-refractivity contribution is 6.35. The highest BCUT2D eigenvalue weighted by atomic mass is 16.2. The Morgan fingerprint density at radius 3 is 1.64 bits per heavy atom. The summed E-state index contributed by atoms with van der Waals surface area (Å²) in [6.07, 6.45) is 17.8. The van der Waals surface area contributed by atoms with Gasteiger partial charge in [-0.15, -0.1) is 0 Å². The summed E-state index contributed by atoms with van der Waals surface area (Å²) in [7, 11) is 0. The first-order chi connectivity index (χ1) is 10.8. The first-order valence-electron chi connectivity index (χ1n) is 7.72. The average molecular weight is 302 g/mol. The van der Waals surface area contributed by atoms with E-state index in [1.165, 1.54) is 0 Å². The van der Waals surface area contributed by atoms with E-state index in [9.17, 15) is 9.59 Å². The van der Waals surface area contributed by atoms with Crippen LogP contribution in [0, 0.1) is 11.8 Å². The van der Waals surface area contributed by atoms with Gasteiger partial charge in [0.1, 0.15) is 0 Å². The summed E-state index contributed by atoms with van der Waals surface area (Å²) >= 11 is 0. The monoisotopic (exact) mass is 302 g/mol. The topological polar surface area (TPSA) is 82.9 Å². The zero-order valence-electron chi connectivity index (χ0n) is 12.6. The molecule has 0 aromatic rings. The summed E-state index contributed by atoms with van der Waals surface area (Å²) in [6, 6.07) is 0. The number of hydrazone groups is 2. The van der Waals surface area contributed by atoms with E-state index in [0.717, 1.165) is 38.5 Å². The van der Waals surface area contributed by atoms with Crippen LogP contribution in [0.3, 0.4) is 0 Å². The molecular formula is C16H22N4O2. The van der Waals surface area contributed by atoms with Crippen molar-refractivity contribution in [3.8, 4) is 0 Å². The fraction of sp³-hybridized carbons (Fsp3) is 0.500. The Hall–Kier alpha value is -2.24. The first-order valence-corrected chi connectivity index (χ1v) is 7.72. The molecule has 2 unspecified atom stereocenters. The van der Waals surface area contributed by atoms with Gasteiger partial charge in [0, 0.05) is 12.4 Å². The van der Waals surface area contributed by atoms with Gasteiger partial charge >= 0.3 is 11.8 Å². The SMILES string of the molecule is O=C(N/N=C/C1CC=CCC1)C(=O)N/N=C/C1CC=CCC1. The lowest BCUT2D eigenvalue weighted by Gasteiger charge is -2.12. The van der Waals surface area contributed by atoms with Gasteiger partial charge in [-0.25, -0.2) is 10.9 Å². The van der Waals surface area contributed by atoms with E-state index in [4.69, 9.17) is 0 Å². The lowest BCUT2D eigenvalue weighted by molar-refractivity contribution is -0.139. The second-order valence-electron chi connectivity index (χ2n) is 5.53. The number of nitrogens with zero attached hydrogens (tertiary/aromatic N) is 2. The molecule has 6 heteroatoms. The van der Waals surface area contributed by atoms with Crippen molar-refractivity contribution in [1.82, 2.24) is 10.9 Å². The summed E-state index contributed by atoms with van der Waals surface area (Å²) in [5.74, 6) is -0.956. The molecule has 2 rings (SSSR count). The minimum atomic E-state index is -0.803. The third-order valence-corrected chi connectivity index (χ3v) is 3.73. The fourth-order valence-electron chi connectivity index (χ4n) is 2.41. The number of hydrogen-bond acceptors (Lipinski definition) is 4. The summed E-state index contributed by atoms with van der Waals surface area (Å²) in [5.41, 5.74) is 4.45. The molecule has 0 saturated carbocycles. The van der Waals surface area contributed by atoms with Gasteiger partial charge in [0.25, 0.3) is 0 Å². The van der Waals surface area contributed by atoms with Crippen LogP contribution in [0.5, 0.6) is 0 Å². The van der Waals surface area contributed by atoms with Crippen molar-refractivity contribution in [1.29, 1.82) is 0 Å². The van der Waals surface area contributed by atoms with Gasteiger partial charge in [0.2, 0.25) is 0 Å². The Bertz CT molecular complexity index is 462. The van der Waals surface area contributed by atoms with Crippen LogP contribution in [-0.4, -0.2) is 24.2 Å². The van der Waals surface area contributed by atoms with Crippen LogP contribution in [0.15, 0.2) is 34.5 Å². The molecule has 0 saturated heterocycles. The van der Waals surface area contributed by atoms with Crippen LogP contribution in [0.4, 0.5) is 0 Å². The first kappa shape index (κ1) is 16.1. The van der Waals surface area contributed by atoms with Crippen molar-refractivity contribution in [2.24, 2.45) is 22.0 Å². The molecule has 0 fully saturated rings. The lowest BCUT2D eigenvalue weighted by atomic mass is 9.96. The average Bonchev–Trinajstić information content (AvgIpc) is 2.56. The van der Waals surface area contributed by atoms with Crippen molar-refractivity contribution >= 4 is 24.2 Å². The molecule has 118 valence electrons. The summed E-state index contributed by atoms with van der Waals surface area (Å²) in [6.45, 7) is 0. The molecule has 0 aliphatic heterocycles. The van der Waals surface area contributed by atoms with Gasteiger partial charge in [0.15, 0.2) is 0 Å². The highest BCUT2D eigenvalue weighted by Crippen LogP contribution is 2.16. The number of hydrogen-bond donors (Lipinski definition) is 2. The molecule has 0 radical (unpaired) electrons. The largest absolute Gasteiger partial charge is 0.331 e. The van der Waals surface area contributed by atoms with E-state index in [1.54, 1.807) is 12.4 Å². The lowest BCUT2D eigenvalue weighted by Crippen LogP contribution is -2.35. The van der Waals surface area contributed by atoms with E-state index in [0.29, 0.717) is 11.8 Å². The molecular weight excluding hydrogens is 280 g/mol. The molecule has 0 spiro atoms. The molecule has 6 nitrogen and oxygen atoms in total. The van der Waals surface area contributed by atoms with Crippen molar-refractivity contribution in [2.75, 3.05) is 0 Å². The summed E-state index contributed by atoms with van der Waals surface area (Å²) < 4.78 is 0. The molecule has 2 aliphatic rings. The highest BCUT2D eigenvalue weighted by Gasteiger charge is 2.13. The van der Waals surface area contributed by atoms with Crippen LogP contribution < -0.4 is 10.9 Å². The maximum absolute atomic E-state index is 11.5. The number of allylic oxidation sites excluding steroid dienone is 4. The van der Waals surface area contributed by atoms with Gasteiger partial charge in [-0.3, -0.25) is 9.59 Å². The normalized spacial score (nSPS) is 24.7. The number of rotatable bonds is 4. The van der Waals surface area contributed by atoms with Gasteiger partial charge in [0.05, 0.1) is 0 Å². The molecule has 22 heavy (non-hydrogen) atoms. The Labute approximate surface area is 130 Å². The smallest absolute Gasteiger partial charge is 0.262 e. The minimum Gasteiger partial charge on any atom is -0.262 e. The Morgan fingerprint density at radius 2 is 1.27 bits per heavy atom. The van der Waals surface area contributed by atoms with Crippen LogP contribution in [0.25, 0.3) is 0 Å². The minimum absolute atomic E-state index is 0.325. The van der Waals surface area contributed by atoms with Crippen molar-refractivity contribution in [3.63, 3.8) is 0 Å². The van der Waals surface area contributed by atoms with Crippen molar-refractivity contribution < 1.29 is 9.59 Å². The van der Waals surface area contributed by atoms with Crippen LogP contribution in [-0.2, 0) is 9.59 Å². The summed E-state index contributed by atoms with van der Waals surface area (Å²) in [4.78, 5) is 23.1. The van der Waals surface area contributed by atoms with E-state index >= 15 is 0 Å². The number of carbonyl (C=O) groups is 2. The molecule has 2 amide bonds. The molecule has 2 atom stereocenters. The quantitative estimate of drug-likeness (QED) is 0.360. The van der Waals surface area contributed by atoms with Gasteiger partial charge < -0.3 is 0 Å². The molecule has 0 aromatic heterocycles. The predicted molar refractivity (Wildman–Crippen MR) is 86.2 cm³/mol. The Balaban J connectivity index is 1.66. The number of nitrogens with one attached hydrogen (secondary N) is 2. The second kappa shape index (κ2) is 8.92. The van der Waals surface area contributed by atoms with Crippen molar-refractivity contribution in [2.45, 2.75) is 38.5 Å². The van der Waals surface area contributed by atoms with E-state index < -0.39 is 11.8 Å². The molecule has 0 heterocycles. The zero-order chi connectivity index (χ0) is 15.6. The third kappa shape index (κ3) is 5.63. The Kier molecular flexibility index (Phi) is 6.54. The molecule has 2 aliphatic carbocycles. The van der Waals surface area contributed by atoms with Crippen molar-refractivity contribution in [3.05, 3.63) is 24.3 Å². The number of carbonyl (C=O) groups excluding carboxylic acids is 2. The Morgan fingerprint density at radius 1 is 0.818 bits per heavy atom. The maximum Gasteiger partial charge on any atom is 0.331 e. The van der Waals surface area contributed by atoms with Gasteiger partial charge in [-0.1, -0.05) is 24.3 Å². The van der Waals surface area contributed by atoms with Crippen LogP contribution in [0.1, 0.15) is 38.5 Å². The molecule has 0 bridgehead atoms. The maximum atomic E-state index is 11.5. The van der Waals surface area contributed by atoms with Crippen LogP contribution >= 0.6 is 0 Å². The number of amides is 2. The van der Waals surface area contributed by atoms with E-state index in [1.807, 2.05) is 0 Å². The second-order valence-corrected chi connectivity index (χ2v) is 5.53. The van der Waals surface area contributed by atoms with Gasteiger partial charge in [-0.05, 0) is 50.4 Å². The van der Waals surface area contributed by atoms with Gasteiger partial charge in [-0.2, -0.15) is 10.2 Å². The van der Waals surface area contributed by atoms with E-state index in [-0.39, 0.29) is 0 Å². The predicted octanol–water partition coefficient (Wildman–Crippen LogP) is 1.90. The fourth-order valence-corrected chi connectivity index (χ4v) is 2.41. The van der Waals surface area contributed by atoms with Crippen LogP contribution in [0.2, 0.25) is 0 Å². The summed E-state index contributed by atoms with van der Waals surface area (Å²) in [5, 5.41) is 7.67. The standard InChI is InChI=1S/C16H22N4O2/c21-15(19-17-11-13-7-3-1-4-8-13)16(22)20-18-12-14-9-5-2-6-10-14/h1-3,5,11-14H,4,6-10H2,(H,19,21)(H,20,22)/b17-11+,18-12+. The molecule has 0 aromatic carbocycles. The zero-order valence-corrected chi connectivity index (χ0v) is 12.6.